The van der Waals surface area contributed by atoms with Gasteiger partial charge in [0.15, 0.2) is 22.5 Å². The maximum atomic E-state index is 13.1. The minimum Gasteiger partial charge on any atom is -0.504 e. The minimum absolute atomic E-state index is 0.0444. The summed E-state index contributed by atoms with van der Waals surface area (Å²) in [5.74, 6) is -0.762. The number of aryl methyl sites for hydroxylation is 1. The van der Waals surface area contributed by atoms with Crippen LogP contribution in [0.5, 0.6) is 17.2 Å². The number of ether oxygens (including phenoxy) is 1. The summed E-state index contributed by atoms with van der Waals surface area (Å²) in [6.45, 7) is 5.55. The monoisotopic (exact) mass is 435 g/mol. The van der Waals surface area contributed by atoms with Crippen LogP contribution < -0.4 is 15.7 Å². The van der Waals surface area contributed by atoms with Crippen LogP contribution in [-0.4, -0.2) is 32.1 Å². The standard InChI is InChI=1S/C23H21N3O6/c1-9(2)26-22-17(23(30)25-26)16(11-7-14(28)19(29)15(8-11)31-4)21-18(24-22)12-5-6-13(27)10(3)20(12)32-21/h5-9,24,28-29H,1-4H3,(H,25,30). The summed E-state index contributed by atoms with van der Waals surface area (Å²) in [4.78, 5) is 28.6. The zero-order chi connectivity index (χ0) is 22.9. The van der Waals surface area contributed by atoms with Gasteiger partial charge in [-0.15, -0.1) is 0 Å². The molecule has 0 radical (unpaired) electrons. The van der Waals surface area contributed by atoms with Gasteiger partial charge in [0, 0.05) is 22.6 Å². The molecule has 0 atom stereocenters. The van der Waals surface area contributed by atoms with E-state index in [1.165, 1.54) is 25.3 Å². The van der Waals surface area contributed by atoms with Crippen molar-refractivity contribution in [3.8, 4) is 28.4 Å². The summed E-state index contributed by atoms with van der Waals surface area (Å²) < 4.78 is 13.1. The molecule has 5 rings (SSSR count). The molecule has 5 aromatic rings. The molecule has 0 aliphatic carbocycles. The number of phenolic OH excluding ortho intramolecular Hbond substituents is 2. The third-order valence-electron chi connectivity index (χ3n) is 5.78. The second-order valence-electron chi connectivity index (χ2n) is 8.05. The van der Waals surface area contributed by atoms with E-state index >= 15 is 0 Å². The fraction of sp³-hybridized carbons (Fsp3) is 0.217. The molecule has 0 bridgehead atoms. The highest BCUT2D eigenvalue weighted by atomic mass is 16.5. The number of aromatic amines is 2. The smallest absolute Gasteiger partial charge is 0.274 e. The second kappa shape index (κ2) is 6.68. The number of hydrogen-bond donors (Lipinski definition) is 4. The van der Waals surface area contributed by atoms with Crippen LogP contribution >= 0.6 is 0 Å². The molecule has 4 N–H and O–H groups in total. The van der Waals surface area contributed by atoms with Gasteiger partial charge in [0.05, 0.1) is 18.0 Å². The highest BCUT2D eigenvalue weighted by Crippen LogP contribution is 2.44. The number of phenols is 2. The van der Waals surface area contributed by atoms with Crippen LogP contribution in [0.2, 0.25) is 0 Å². The Morgan fingerprint density at radius 2 is 1.88 bits per heavy atom. The molecule has 9 heteroatoms. The number of fused-ring (bicyclic) bond motifs is 4. The number of H-pyrrole nitrogens is 2. The molecule has 3 heterocycles. The zero-order valence-corrected chi connectivity index (χ0v) is 17.9. The van der Waals surface area contributed by atoms with E-state index in [4.69, 9.17) is 9.15 Å². The number of rotatable bonds is 3. The molecule has 0 saturated heterocycles. The summed E-state index contributed by atoms with van der Waals surface area (Å²) >= 11 is 0. The average molecular weight is 435 g/mol. The van der Waals surface area contributed by atoms with E-state index in [1.807, 2.05) is 13.8 Å². The van der Waals surface area contributed by atoms with E-state index in [2.05, 4.69) is 10.1 Å². The molecule has 0 fully saturated rings. The number of hydrogen-bond acceptors (Lipinski definition) is 6. The summed E-state index contributed by atoms with van der Waals surface area (Å²) in [5.41, 5.74) is 2.66. The molecule has 0 aliphatic heterocycles. The maximum Gasteiger partial charge on any atom is 0.274 e. The Bertz CT molecular complexity index is 1670. The fourth-order valence-corrected chi connectivity index (χ4v) is 4.17. The van der Waals surface area contributed by atoms with Crippen molar-refractivity contribution in [1.29, 1.82) is 0 Å². The number of nitrogens with one attached hydrogen (secondary N) is 2. The van der Waals surface area contributed by atoms with Crippen molar-refractivity contribution in [2.75, 3.05) is 7.11 Å². The normalized spacial score (nSPS) is 11.9. The van der Waals surface area contributed by atoms with Crippen LogP contribution in [-0.2, 0) is 0 Å². The zero-order valence-electron chi connectivity index (χ0n) is 17.9. The lowest BCUT2D eigenvalue weighted by Gasteiger charge is -2.12. The number of furan rings is 1. The molecule has 0 aliphatic rings. The summed E-state index contributed by atoms with van der Waals surface area (Å²) in [6, 6.07) is 5.97. The lowest BCUT2D eigenvalue weighted by molar-refractivity contribution is 0.351. The molecular weight excluding hydrogens is 414 g/mol. The van der Waals surface area contributed by atoms with Gasteiger partial charge in [0.2, 0.25) is 5.75 Å². The van der Waals surface area contributed by atoms with E-state index in [1.54, 1.807) is 17.7 Å². The molecular formula is C23H21N3O6. The topological polar surface area (TPSA) is 133 Å². The van der Waals surface area contributed by atoms with E-state index in [0.29, 0.717) is 49.8 Å². The molecule has 9 nitrogen and oxygen atoms in total. The number of nitrogens with zero attached hydrogens (tertiary/aromatic N) is 1. The Balaban J connectivity index is 2.06. The van der Waals surface area contributed by atoms with Gasteiger partial charge >= 0.3 is 0 Å². The Kier molecular flexibility index (Phi) is 4.13. The molecule has 32 heavy (non-hydrogen) atoms. The van der Waals surface area contributed by atoms with E-state index in [0.717, 1.165) is 0 Å². The van der Waals surface area contributed by atoms with Crippen LogP contribution in [0.25, 0.3) is 44.2 Å². The molecule has 0 unspecified atom stereocenters. The van der Waals surface area contributed by atoms with Crippen molar-refractivity contribution < 1.29 is 19.4 Å². The number of pyridine rings is 1. The Labute approximate surface area is 180 Å². The van der Waals surface area contributed by atoms with Crippen molar-refractivity contribution in [2.24, 2.45) is 0 Å². The van der Waals surface area contributed by atoms with Crippen molar-refractivity contribution in [3.63, 3.8) is 0 Å². The molecule has 2 aromatic carbocycles. The van der Waals surface area contributed by atoms with Gasteiger partial charge in [-0.25, -0.2) is 0 Å². The number of methoxy groups -OCH3 is 1. The molecule has 0 spiro atoms. The van der Waals surface area contributed by atoms with Crippen molar-refractivity contribution in [3.05, 3.63) is 50.4 Å². The van der Waals surface area contributed by atoms with Gasteiger partial charge < -0.3 is 24.4 Å². The predicted octanol–water partition coefficient (Wildman–Crippen LogP) is 3.89. The summed E-state index contributed by atoms with van der Waals surface area (Å²) in [6.07, 6.45) is 0. The van der Waals surface area contributed by atoms with E-state index in [9.17, 15) is 19.8 Å². The van der Waals surface area contributed by atoms with Crippen molar-refractivity contribution >= 4 is 33.1 Å². The van der Waals surface area contributed by atoms with E-state index < -0.39 is 11.5 Å². The predicted molar refractivity (Wildman–Crippen MR) is 121 cm³/mol. The molecule has 164 valence electrons. The molecule has 0 amide bonds. The van der Waals surface area contributed by atoms with E-state index in [-0.39, 0.29) is 22.8 Å². The van der Waals surface area contributed by atoms with Gasteiger partial charge in [-0.3, -0.25) is 19.4 Å². The fourth-order valence-electron chi connectivity index (χ4n) is 4.17. The van der Waals surface area contributed by atoms with Crippen LogP contribution in [0.15, 0.2) is 38.3 Å². The summed E-state index contributed by atoms with van der Waals surface area (Å²) in [5, 5.41) is 24.3. The van der Waals surface area contributed by atoms with Gasteiger partial charge in [-0.2, -0.15) is 0 Å². The first-order valence-electron chi connectivity index (χ1n) is 10.1. The highest BCUT2D eigenvalue weighted by Gasteiger charge is 2.25. The van der Waals surface area contributed by atoms with Crippen molar-refractivity contribution in [2.45, 2.75) is 26.8 Å². The van der Waals surface area contributed by atoms with Crippen LogP contribution in [0, 0.1) is 6.92 Å². The maximum absolute atomic E-state index is 13.1. The first kappa shape index (κ1) is 19.8. The quantitative estimate of drug-likeness (QED) is 0.318. The third-order valence-corrected chi connectivity index (χ3v) is 5.78. The SMILES string of the molecule is COc1cc(-c2c3oc4c(C)c(=O)ccc4c3[nH]c3c2c(=O)[nH]n3C(C)C)cc(O)c1O. The second-order valence-corrected chi connectivity index (χ2v) is 8.05. The Morgan fingerprint density at radius 1 is 1.12 bits per heavy atom. The summed E-state index contributed by atoms with van der Waals surface area (Å²) in [7, 11) is 1.37. The largest absolute Gasteiger partial charge is 0.504 e. The average Bonchev–Trinajstić information content (AvgIpc) is 3.29. The van der Waals surface area contributed by atoms with Gasteiger partial charge in [-0.1, -0.05) is 0 Å². The Morgan fingerprint density at radius 3 is 2.56 bits per heavy atom. The molecule has 3 aromatic heterocycles. The highest BCUT2D eigenvalue weighted by molar-refractivity contribution is 6.15. The lowest BCUT2D eigenvalue weighted by Crippen LogP contribution is -2.07. The number of aromatic nitrogens is 3. The number of benzene rings is 2. The van der Waals surface area contributed by atoms with Gasteiger partial charge in [-0.05, 0) is 50.6 Å². The first-order valence-corrected chi connectivity index (χ1v) is 10.1. The lowest BCUT2D eigenvalue weighted by atomic mass is 10.0. The van der Waals surface area contributed by atoms with Crippen LogP contribution in [0.3, 0.4) is 0 Å². The molecule has 0 saturated carbocycles. The van der Waals surface area contributed by atoms with Crippen molar-refractivity contribution in [1.82, 2.24) is 14.8 Å². The number of aromatic hydroxyl groups is 2. The minimum atomic E-state index is -0.406. The first-order chi connectivity index (χ1) is 15.2. The van der Waals surface area contributed by atoms with Crippen LogP contribution in [0.1, 0.15) is 25.5 Å². The van der Waals surface area contributed by atoms with Gasteiger partial charge in [0.1, 0.15) is 11.2 Å². The van der Waals surface area contributed by atoms with Crippen LogP contribution in [0.4, 0.5) is 0 Å². The Hall–Kier alpha value is -4.14. The third kappa shape index (κ3) is 2.57. The van der Waals surface area contributed by atoms with Gasteiger partial charge in [0.25, 0.3) is 5.56 Å².